The van der Waals surface area contributed by atoms with Crippen LogP contribution in [0.5, 0.6) is 0 Å². The zero-order chi connectivity index (χ0) is 15.5. The Bertz CT molecular complexity index is 715. The van der Waals surface area contributed by atoms with Gasteiger partial charge in [0.25, 0.3) is 0 Å². The van der Waals surface area contributed by atoms with Crippen LogP contribution in [0.4, 0.5) is 0 Å². The summed E-state index contributed by atoms with van der Waals surface area (Å²) < 4.78 is 27.4. The number of nitrogens with zero attached hydrogens (tertiary/aromatic N) is 1. The molecule has 2 aromatic carbocycles. The van der Waals surface area contributed by atoms with Crippen LogP contribution in [0.3, 0.4) is 0 Å². The van der Waals surface area contributed by atoms with Crippen molar-refractivity contribution in [3.05, 3.63) is 64.1 Å². The molecule has 0 spiro atoms. The summed E-state index contributed by atoms with van der Waals surface area (Å²) in [5.74, 6) is 0. The molecule has 0 aliphatic heterocycles. The fraction of sp³-hybridized carbons (Fsp3) is 0.200. The van der Waals surface area contributed by atoms with Crippen LogP contribution in [0, 0.1) is 0 Å². The Morgan fingerprint density at radius 3 is 2.24 bits per heavy atom. The fourth-order valence-electron chi connectivity index (χ4n) is 1.88. The summed E-state index contributed by atoms with van der Waals surface area (Å²) in [6, 6.07) is 14.5. The second-order valence-corrected chi connectivity index (χ2v) is 8.09. The molecule has 0 N–H and O–H groups in total. The van der Waals surface area contributed by atoms with Crippen LogP contribution in [0.15, 0.2) is 57.9 Å². The lowest BCUT2D eigenvalue weighted by atomic mass is 10.2. The van der Waals surface area contributed by atoms with E-state index in [1.54, 1.807) is 19.2 Å². The summed E-state index contributed by atoms with van der Waals surface area (Å²) in [6.45, 7) is 0.323. The highest BCUT2D eigenvalue weighted by molar-refractivity contribution is 9.10. The number of halogens is 2. The van der Waals surface area contributed by atoms with Gasteiger partial charge in [0.1, 0.15) is 0 Å². The van der Waals surface area contributed by atoms with E-state index in [9.17, 15) is 8.42 Å². The summed E-state index contributed by atoms with van der Waals surface area (Å²) in [5, 5.41) is 0.708. The maximum atomic E-state index is 12.5. The SMILES string of the molecule is CN(Cc1ccccc1Br)S(=O)(=O)c1ccc(CBr)cc1. The number of benzene rings is 2. The van der Waals surface area contributed by atoms with Gasteiger partial charge in [-0.15, -0.1) is 0 Å². The quantitative estimate of drug-likeness (QED) is 0.665. The average Bonchev–Trinajstić information content (AvgIpc) is 2.49. The maximum Gasteiger partial charge on any atom is 0.243 e. The third-order valence-corrected chi connectivity index (χ3v) is 6.38. The average molecular weight is 433 g/mol. The van der Waals surface area contributed by atoms with E-state index in [0.29, 0.717) is 16.8 Å². The first kappa shape index (κ1) is 16.7. The number of sulfonamides is 1. The van der Waals surface area contributed by atoms with E-state index in [1.807, 2.05) is 36.4 Å². The Balaban J connectivity index is 2.24. The highest BCUT2D eigenvalue weighted by Gasteiger charge is 2.21. The third kappa shape index (κ3) is 3.94. The molecule has 21 heavy (non-hydrogen) atoms. The Labute approximate surface area is 142 Å². The molecule has 0 amide bonds. The minimum Gasteiger partial charge on any atom is -0.207 e. The zero-order valence-corrected chi connectivity index (χ0v) is 15.4. The van der Waals surface area contributed by atoms with Crippen molar-refractivity contribution in [2.75, 3.05) is 7.05 Å². The van der Waals surface area contributed by atoms with Gasteiger partial charge in [-0.1, -0.05) is 62.2 Å². The highest BCUT2D eigenvalue weighted by Crippen LogP contribution is 2.22. The first-order valence-corrected chi connectivity index (χ1v) is 9.65. The molecule has 2 rings (SSSR count). The van der Waals surface area contributed by atoms with Crippen molar-refractivity contribution in [1.82, 2.24) is 4.31 Å². The van der Waals surface area contributed by atoms with Crippen LogP contribution in [-0.4, -0.2) is 19.8 Å². The van der Waals surface area contributed by atoms with Gasteiger partial charge in [0, 0.05) is 23.4 Å². The second-order valence-electron chi connectivity index (χ2n) is 4.63. The molecule has 112 valence electrons. The standard InChI is InChI=1S/C15H15Br2NO2S/c1-18(11-13-4-2-3-5-15(13)17)21(19,20)14-8-6-12(10-16)7-9-14/h2-9H,10-11H2,1H3. The van der Waals surface area contributed by atoms with Crippen molar-refractivity contribution >= 4 is 41.9 Å². The maximum absolute atomic E-state index is 12.5. The molecule has 0 saturated carbocycles. The predicted octanol–water partition coefficient (Wildman–Crippen LogP) is 4.16. The van der Waals surface area contributed by atoms with Gasteiger partial charge < -0.3 is 0 Å². The fourth-order valence-corrected chi connectivity index (χ4v) is 3.81. The van der Waals surface area contributed by atoms with E-state index in [0.717, 1.165) is 15.6 Å². The normalized spacial score (nSPS) is 11.8. The zero-order valence-electron chi connectivity index (χ0n) is 11.5. The molecule has 3 nitrogen and oxygen atoms in total. The Morgan fingerprint density at radius 1 is 1.05 bits per heavy atom. The first-order valence-electron chi connectivity index (χ1n) is 6.30. The third-order valence-electron chi connectivity index (χ3n) is 3.14. The van der Waals surface area contributed by atoms with Gasteiger partial charge in [-0.2, -0.15) is 4.31 Å². The number of rotatable bonds is 5. The number of alkyl halides is 1. The Morgan fingerprint density at radius 2 is 1.67 bits per heavy atom. The van der Waals surface area contributed by atoms with Crippen molar-refractivity contribution < 1.29 is 8.42 Å². The summed E-state index contributed by atoms with van der Waals surface area (Å²) >= 11 is 6.79. The smallest absolute Gasteiger partial charge is 0.207 e. The van der Waals surface area contributed by atoms with Gasteiger partial charge >= 0.3 is 0 Å². The summed E-state index contributed by atoms with van der Waals surface area (Å²) in [4.78, 5) is 0.307. The van der Waals surface area contributed by atoms with Gasteiger partial charge in [-0.3, -0.25) is 0 Å². The topological polar surface area (TPSA) is 37.4 Å². The van der Waals surface area contributed by atoms with Gasteiger partial charge in [0.2, 0.25) is 10.0 Å². The van der Waals surface area contributed by atoms with Crippen molar-refractivity contribution in [2.24, 2.45) is 0 Å². The van der Waals surface area contributed by atoms with Crippen LogP contribution in [-0.2, 0) is 21.9 Å². The molecular weight excluding hydrogens is 418 g/mol. The lowest BCUT2D eigenvalue weighted by molar-refractivity contribution is 0.466. The molecule has 0 fully saturated rings. The van der Waals surface area contributed by atoms with Crippen molar-refractivity contribution in [3.8, 4) is 0 Å². The Kier molecular flexibility index (Phi) is 5.60. The lowest BCUT2D eigenvalue weighted by Crippen LogP contribution is -2.26. The molecule has 0 bridgehead atoms. The molecule has 0 aromatic heterocycles. The van der Waals surface area contributed by atoms with Gasteiger partial charge in [0.05, 0.1) is 4.90 Å². The van der Waals surface area contributed by atoms with E-state index < -0.39 is 10.0 Å². The molecule has 0 heterocycles. The van der Waals surface area contributed by atoms with Gasteiger partial charge in [0.15, 0.2) is 0 Å². The van der Waals surface area contributed by atoms with Crippen molar-refractivity contribution in [3.63, 3.8) is 0 Å². The predicted molar refractivity (Wildman–Crippen MR) is 91.9 cm³/mol. The van der Waals surface area contributed by atoms with Crippen LogP contribution in [0.2, 0.25) is 0 Å². The van der Waals surface area contributed by atoms with Crippen LogP contribution in [0.1, 0.15) is 11.1 Å². The van der Waals surface area contributed by atoms with Crippen LogP contribution >= 0.6 is 31.9 Å². The number of hydrogen-bond acceptors (Lipinski definition) is 2. The van der Waals surface area contributed by atoms with E-state index in [2.05, 4.69) is 31.9 Å². The minimum atomic E-state index is -3.48. The van der Waals surface area contributed by atoms with E-state index >= 15 is 0 Å². The molecule has 0 aliphatic rings. The number of hydrogen-bond donors (Lipinski definition) is 0. The van der Waals surface area contributed by atoms with E-state index in [4.69, 9.17) is 0 Å². The molecule has 0 saturated heterocycles. The van der Waals surface area contributed by atoms with Crippen LogP contribution < -0.4 is 0 Å². The van der Waals surface area contributed by atoms with Gasteiger partial charge in [-0.25, -0.2) is 8.42 Å². The van der Waals surface area contributed by atoms with Crippen molar-refractivity contribution in [2.45, 2.75) is 16.8 Å². The first-order chi connectivity index (χ1) is 9.95. The monoisotopic (exact) mass is 431 g/mol. The Hall–Kier alpha value is -0.690. The lowest BCUT2D eigenvalue weighted by Gasteiger charge is -2.18. The molecule has 2 aromatic rings. The molecule has 0 radical (unpaired) electrons. The summed E-state index contributed by atoms with van der Waals surface area (Å²) in [7, 11) is -1.89. The molecule has 0 unspecified atom stereocenters. The highest BCUT2D eigenvalue weighted by atomic mass is 79.9. The minimum absolute atomic E-state index is 0.307. The molecule has 6 heteroatoms. The van der Waals surface area contributed by atoms with Crippen LogP contribution in [0.25, 0.3) is 0 Å². The summed E-state index contributed by atoms with van der Waals surface area (Å²) in [6.07, 6.45) is 0. The van der Waals surface area contributed by atoms with Gasteiger partial charge in [-0.05, 0) is 29.3 Å². The van der Waals surface area contributed by atoms with E-state index in [-0.39, 0.29) is 0 Å². The molecule has 0 atom stereocenters. The van der Waals surface area contributed by atoms with Crippen molar-refractivity contribution in [1.29, 1.82) is 0 Å². The van der Waals surface area contributed by atoms with E-state index in [1.165, 1.54) is 4.31 Å². The summed E-state index contributed by atoms with van der Waals surface area (Å²) in [5.41, 5.74) is 1.98. The molecular formula is C15H15Br2NO2S. The second kappa shape index (κ2) is 7.05. The molecule has 0 aliphatic carbocycles. The largest absolute Gasteiger partial charge is 0.243 e.